The molecule has 3 rings (SSSR count). The molecule has 0 amide bonds. The van der Waals surface area contributed by atoms with Gasteiger partial charge >= 0.3 is 0 Å². The van der Waals surface area contributed by atoms with Crippen LogP contribution in [0.3, 0.4) is 0 Å². The maximum absolute atomic E-state index is 7.24. The second-order valence-electron chi connectivity index (χ2n) is 4.63. The topological polar surface area (TPSA) is 122 Å². The van der Waals surface area contributed by atoms with E-state index < -0.39 is 0 Å². The summed E-state index contributed by atoms with van der Waals surface area (Å²) in [5.74, 6) is 0.955. The fraction of sp³-hybridized carbons (Fsp3) is 0.143. The molecule has 0 aliphatic rings. The summed E-state index contributed by atoms with van der Waals surface area (Å²) < 4.78 is 13.7. The summed E-state index contributed by atoms with van der Waals surface area (Å²) in [6.45, 7) is 2.43. The number of thiazole rings is 1. The number of hydrogen-bond acceptors (Lipinski definition) is 8. The summed E-state index contributed by atoms with van der Waals surface area (Å²) >= 11 is 2.49. The fourth-order valence-corrected chi connectivity index (χ4v) is 3.15. The Kier molecular flexibility index (Phi) is 4.87. The lowest BCUT2D eigenvalue weighted by molar-refractivity contribution is 0.331. The normalized spacial score (nSPS) is 10.4. The number of nitrogens with two attached hydrogens (primary N) is 1. The molecule has 3 aromatic rings. The molecule has 2 aromatic heterocycles. The van der Waals surface area contributed by atoms with Gasteiger partial charge in [0.25, 0.3) is 5.88 Å². The number of hydrogen-bond donors (Lipinski definition) is 4. The SMILES string of the molecule is CCOc1nsnc1Nc1cccc(-c2csc(NC(=N)N)n2)c1. The highest BCUT2D eigenvalue weighted by molar-refractivity contribution is 7.14. The molecule has 0 aliphatic heterocycles. The van der Waals surface area contributed by atoms with E-state index in [1.54, 1.807) is 0 Å². The third-order valence-electron chi connectivity index (χ3n) is 2.91. The zero-order chi connectivity index (χ0) is 16.9. The standard InChI is InChI=1S/C14H15N7OS2/c1-2-22-12-11(20-24-21-12)17-9-5-3-4-8(6-9)10-7-23-14(18-10)19-13(15)16/h3-7H,2H2,1H3,(H,17,20)(H4,15,16,18,19). The van der Waals surface area contributed by atoms with Crippen molar-refractivity contribution in [3.8, 4) is 17.1 Å². The van der Waals surface area contributed by atoms with E-state index in [2.05, 4.69) is 24.4 Å². The van der Waals surface area contributed by atoms with Crippen LogP contribution in [0, 0.1) is 5.41 Å². The number of ether oxygens (including phenoxy) is 1. The largest absolute Gasteiger partial charge is 0.475 e. The number of anilines is 3. The van der Waals surface area contributed by atoms with Crippen LogP contribution < -0.4 is 21.1 Å². The quantitative estimate of drug-likeness (QED) is 0.393. The van der Waals surface area contributed by atoms with Crippen molar-refractivity contribution in [2.45, 2.75) is 6.92 Å². The predicted molar refractivity (Wildman–Crippen MR) is 97.4 cm³/mol. The van der Waals surface area contributed by atoms with Crippen LogP contribution in [0.5, 0.6) is 5.88 Å². The van der Waals surface area contributed by atoms with Crippen molar-refractivity contribution in [3.63, 3.8) is 0 Å². The lowest BCUT2D eigenvalue weighted by Crippen LogP contribution is -2.20. The Morgan fingerprint density at radius 3 is 3.04 bits per heavy atom. The number of nitrogens with one attached hydrogen (secondary N) is 3. The number of nitrogens with zero attached hydrogens (tertiary/aromatic N) is 3. The first-order valence-corrected chi connectivity index (χ1v) is 8.66. The highest BCUT2D eigenvalue weighted by atomic mass is 32.1. The fourth-order valence-electron chi connectivity index (χ4n) is 1.96. The van der Waals surface area contributed by atoms with E-state index in [4.69, 9.17) is 15.9 Å². The van der Waals surface area contributed by atoms with Gasteiger partial charge in [-0.25, -0.2) is 4.98 Å². The first kappa shape index (κ1) is 16.1. The van der Waals surface area contributed by atoms with E-state index in [0.29, 0.717) is 23.4 Å². The monoisotopic (exact) mass is 361 g/mol. The van der Waals surface area contributed by atoms with Gasteiger partial charge in [0.1, 0.15) is 0 Å². The molecule has 124 valence electrons. The predicted octanol–water partition coefficient (Wildman–Crippen LogP) is 3.11. The average Bonchev–Trinajstić information content (AvgIpc) is 3.18. The Morgan fingerprint density at radius 2 is 2.25 bits per heavy atom. The summed E-state index contributed by atoms with van der Waals surface area (Å²) in [6.07, 6.45) is 0. The molecule has 0 bridgehead atoms. The van der Waals surface area contributed by atoms with E-state index in [9.17, 15) is 0 Å². The van der Waals surface area contributed by atoms with Gasteiger partial charge in [-0.15, -0.1) is 15.7 Å². The van der Waals surface area contributed by atoms with E-state index in [1.165, 1.54) is 11.3 Å². The van der Waals surface area contributed by atoms with Gasteiger partial charge in [-0.05, 0) is 19.1 Å². The summed E-state index contributed by atoms with van der Waals surface area (Å²) in [6, 6.07) is 7.77. The van der Waals surface area contributed by atoms with E-state index in [-0.39, 0.29) is 5.96 Å². The highest BCUT2D eigenvalue weighted by Crippen LogP contribution is 2.29. The number of rotatable bonds is 6. The van der Waals surface area contributed by atoms with Crippen LogP contribution in [0.1, 0.15) is 6.92 Å². The Bertz CT molecular complexity index is 845. The summed E-state index contributed by atoms with van der Waals surface area (Å²) in [4.78, 5) is 4.41. The van der Waals surface area contributed by atoms with Crippen molar-refractivity contribution in [2.24, 2.45) is 5.73 Å². The van der Waals surface area contributed by atoms with Crippen LogP contribution in [-0.2, 0) is 0 Å². The lowest BCUT2D eigenvalue weighted by Gasteiger charge is -2.06. The molecule has 0 radical (unpaired) electrons. The molecule has 0 aliphatic carbocycles. The van der Waals surface area contributed by atoms with Gasteiger partial charge in [-0.2, -0.15) is 4.37 Å². The van der Waals surface area contributed by atoms with Crippen molar-refractivity contribution in [1.29, 1.82) is 5.41 Å². The van der Waals surface area contributed by atoms with E-state index in [1.807, 2.05) is 36.6 Å². The Balaban J connectivity index is 1.80. The third kappa shape index (κ3) is 3.78. The molecule has 10 heteroatoms. The molecule has 0 atom stereocenters. The molecule has 5 N–H and O–H groups in total. The van der Waals surface area contributed by atoms with Crippen LogP contribution in [0.2, 0.25) is 0 Å². The van der Waals surface area contributed by atoms with Crippen molar-refractivity contribution >= 4 is 45.7 Å². The smallest absolute Gasteiger partial charge is 0.270 e. The summed E-state index contributed by atoms with van der Waals surface area (Å²) in [5.41, 5.74) is 7.91. The van der Waals surface area contributed by atoms with Crippen LogP contribution >= 0.6 is 23.1 Å². The van der Waals surface area contributed by atoms with Crippen molar-refractivity contribution in [1.82, 2.24) is 13.7 Å². The molecule has 24 heavy (non-hydrogen) atoms. The second-order valence-corrected chi connectivity index (χ2v) is 6.02. The Labute approximate surface area is 146 Å². The Morgan fingerprint density at radius 1 is 1.38 bits per heavy atom. The maximum atomic E-state index is 7.24. The lowest BCUT2D eigenvalue weighted by atomic mass is 10.1. The van der Waals surface area contributed by atoms with Crippen molar-refractivity contribution < 1.29 is 4.74 Å². The van der Waals surface area contributed by atoms with Crippen LogP contribution in [0.25, 0.3) is 11.3 Å². The second kappa shape index (κ2) is 7.23. The molecule has 0 unspecified atom stereocenters. The molecule has 1 aromatic carbocycles. The first-order valence-electron chi connectivity index (χ1n) is 7.05. The minimum atomic E-state index is -0.134. The van der Waals surface area contributed by atoms with Gasteiger partial charge in [-0.3, -0.25) is 5.41 Å². The molecule has 0 spiro atoms. The van der Waals surface area contributed by atoms with Crippen molar-refractivity contribution in [3.05, 3.63) is 29.6 Å². The van der Waals surface area contributed by atoms with E-state index >= 15 is 0 Å². The Hall–Kier alpha value is -2.72. The van der Waals surface area contributed by atoms with Gasteiger partial charge < -0.3 is 21.1 Å². The highest BCUT2D eigenvalue weighted by Gasteiger charge is 2.10. The van der Waals surface area contributed by atoms with Crippen LogP contribution in [0.15, 0.2) is 29.6 Å². The maximum Gasteiger partial charge on any atom is 0.270 e. The minimum Gasteiger partial charge on any atom is -0.475 e. The molecule has 2 heterocycles. The zero-order valence-corrected chi connectivity index (χ0v) is 14.4. The number of aromatic nitrogens is 3. The van der Waals surface area contributed by atoms with Gasteiger partial charge in [-0.1, -0.05) is 12.1 Å². The van der Waals surface area contributed by atoms with Crippen molar-refractivity contribution in [2.75, 3.05) is 17.2 Å². The van der Waals surface area contributed by atoms with Gasteiger partial charge in [0.2, 0.25) is 5.82 Å². The molecule has 0 saturated heterocycles. The third-order valence-corrected chi connectivity index (χ3v) is 4.18. The van der Waals surface area contributed by atoms with E-state index in [0.717, 1.165) is 28.7 Å². The van der Waals surface area contributed by atoms with Gasteiger partial charge in [0.05, 0.1) is 24.0 Å². The molecule has 0 fully saturated rings. The number of benzene rings is 1. The van der Waals surface area contributed by atoms with Gasteiger partial charge in [0.15, 0.2) is 11.1 Å². The van der Waals surface area contributed by atoms with Crippen LogP contribution in [0.4, 0.5) is 16.6 Å². The molecule has 0 saturated carbocycles. The minimum absolute atomic E-state index is 0.134. The van der Waals surface area contributed by atoms with Gasteiger partial charge in [0, 0.05) is 16.6 Å². The molecular formula is C14H15N7OS2. The van der Waals surface area contributed by atoms with Crippen LogP contribution in [-0.4, -0.2) is 26.3 Å². The molecular weight excluding hydrogens is 346 g/mol. The molecule has 8 nitrogen and oxygen atoms in total. The first-order chi connectivity index (χ1) is 11.7. The summed E-state index contributed by atoms with van der Waals surface area (Å²) in [5, 5.41) is 15.6. The number of guanidine groups is 1. The summed E-state index contributed by atoms with van der Waals surface area (Å²) in [7, 11) is 0. The zero-order valence-electron chi connectivity index (χ0n) is 12.7. The average molecular weight is 361 g/mol.